The second kappa shape index (κ2) is 7.14. The predicted octanol–water partition coefficient (Wildman–Crippen LogP) is -3.84. The lowest BCUT2D eigenvalue weighted by Gasteiger charge is -2.28. The molecule has 0 heterocycles. The molecule has 0 fully saturated rings. The normalized spacial score (nSPS) is 18.1. The predicted molar refractivity (Wildman–Crippen MR) is 54.1 cm³/mol. The largest absolute Gasteiger partial charge is 0.480 e. The van der Waals surface area contributed by atoms with Gasteiger partial charge in [0, 0.05) is 0 Å². The fourth-order valence-corrected chi connectivity index (χ4v) is 1.17. The van der Waals surface area contributed by atoms with Gasteiger partial charge in [-0.05, 0) is 0 Å². The number of carboxylic acid groups (broad SMARTS) is 2. The summed E-state index contributed by atoms with van der Waals surface area (Å²) in [5.41, 5.74) is 5.23. The average molecular weight is 252 g/mol. The zero-order chi connectivity index (χ0) is 13.6. The lowest BCUT2D eigenvalue weighted by molar-refractivity contribution is -0.142. The maximum absolute atomic E-state index is 10.6. The van der Waals surface area contributed by atoms with E-state index in [4.69, 9.17) is 26.2 Å². The fourth-order valence-electron chi connectivity index (χ4n) is 1.17. The summed E-state index contributed by atoms with van der Waals surface area (Å²) in [6, 6.07) is -3.02. The van der Waals surface area contributed by atoms with Gasteiger partial charge < -0.3 is 31.3 Å². The molecule has 9 nitrogen and oxygen atoms in total. The van der Waals surface area contributed by atoms with Crippen molar-refractivity contribution in [3.8, 4) is 0 Å². The fraction of sp³-hybridized carbons (Fsp3) is 0.750. The van der Waals surface area contributed by atoms with E-state index < -0.39 is 49.4 Å². The molecule has 8 N–H and O–H groups in total. The summed E-state index contributed by atoms with van der Waals surface area (Å²) in [4.78, 5) is 20.9. The molecular weight excluding hydrogens is 236 g/mol. The molecule has 0 unspecified atom stereocenters. The van der Waals surface area contributed by atoms with E-state index >= 15 is 0 Å². The van der Waals surface area contributed by atoms with Crippen LogP contribution < -0.4 is 11.1 Å². The van der Waals surface area contributed by atoms with E-state index in [1.807, 2.05) is 0 Å². The van der Waals surface area contributed by atoms with Crippen molar-refractivity contribution in [3.05, 3.63) is 0 Å². The van der Waals surface area contributed by atoms with Gasteiger partial charge in [0.2, 0.25) is 0 Å². The van der Waals surface area contributed by atoms with Crippen LogP contribution in [-0.2, 0) is 9.59 Å². The van der Waals surface area contributed by atoms with E-state index in [0.29, 0.717) is 0 Å². The Morgan fingerprint density at radius 3 is 2.12 bits per heavy atom. The molecular formula is C8H16N2O7. The van der Waals surface area contributed by atoms with Crippen molar-refractivity contribution in [2.75, 3.05) is 13.2 Å². The van der Waals surface area contributed by atoms with Crippen LogP contribution in [0.1, 0.15) is 0 Å². The standard InChI is InChI=1S/C8H16N2O7/c9-5(8(16)17)6(10-1-4(13)14)7(15)3(12)2-11/h3,5-7,10-12,15H,1-2,9H2,(H,13,14)(H,16,17)/t3-,5+,6-,7-/m1/s1. The summed E-state index contributed by atoms with van der Waals surface area (Å²) in [6.07, 6.45) is -3.32. The van der Waals surface area contributed by atoms with E-state index in [1.54, 1.807) is 0 Å². The molecule has 0 aromatic carbocycles. The number of carbonyl (C=O) groups is 2. The topological polar surface area (TPSA) is 173 Å². The summed E-state index contributed by atoms with van der Waals surface area (Å²) >= 11 is 0. The molecule has 0 aliphatic rings. The highest BCUT2D eigenvalue weighted by Crippen LogP contribution is 2.04. The van der Waals surface area contributed by atoms with Crippen LogP contribution in [0.3, 0.4) is 0 Å². The number of nitrogens with two attached hydrogens (primary N) is 1. The Kier molecular flexibility index (Phi) is 6.61. The minimum Gasteiger partial charge on any atom is -0.480 e. The minimum atomic E-state index is -1.70. The smallest absolute Gasteiger partial charge is 0.322 e. The lowest BCUT2D eigenvalue weighted by Crippen LogP contribution is -2.60. The molecule has 0 aromatic rings. The van der Waals surface area contributed by atoms with Crippen molar-refractivity contribution in [2.24, 2.45) is 5.73 Å². The van der Waals surface area contributed by atoms with Crippen LogP contribution >= 0.6 is 0 Å². The third-order valence-corrected chi connectivity index (χ3v) is 2.11. The second-order valence-electron chi connectivity index (χ2n) is 3.40. The molecule has 0 aromatic heterocycles. The molecule has 100 valence electrons. The van der Waals surface area contributed by atoms with Gasteiger partial charge in [0.25, 0.3) is 0 Å². The van der Waals surface area contributed by atoms with E-state index in [9.17, 15) is 14.7 Å². The van der Waals surface area contributed by atoms with Crippen LogP contribution in [0.4, 0.5) is 0 Å². The average Bonchev–Trinajstić information content (AvgIpc) is 2.26. The number of aliphatic hydroxyl groups is 3. The first-order chi connectivity index (χ1) is 7.81. The Bertz CT molecular complexity index is 273. The molecule has 0 saturated heterocycles. The third kappa shape index (κ3) is 5.06. The van der Waals surface area contributed by atoms with Gasteiger partial charge in [0.15, 0.2) is 0 Å². The summed E-state index contributed by atoms with van der Waals surface area (Å²) in [6.45, 7) is -1.44. The molecule has 4 atom stereocenters. The third-order valence-electron chi connectivity index (χ3n) is 2.11. The van der Waals surface area contributed by atoms with Gasteiger partial charge in [-0.25, -0.2) is 0 Å². The van der Waals surface area contributed by atoms with Crippen LogP contribution in [0.15, 0.2) is 0 Å². The van der Waals surface area contributed by atoms with E-state index in [2.05, 4.69) is 5.32 Å². The first kappa shape index (κ1) is 15.7. The summed E-state index contributed by atoms with van der Waals surface area (Å²) < 4.78 is 0. The zero-order valence-electron chi connectivity index (χ0n) is 8.85. The maximum Gasteiger partial charge on any atom is 0.322 e. The maximum atomic E-state index is 10.6. The molecule has 0 amide bonds. The van der Waals surface area contributed by atoms with Gasteiger partial charge in [0.1, 0.15) is 12.1 Å². The lowest BCUT2D eigenvalue weighted by atomic mass is 9.99. The molecule has 0 rings (SSSR count). The highest BCUT2D eigenvalue weighted by atomic mass is 16.4. The van der Waals surface area contributed by atoms with E-state index in [-0.39, 0.29) is 0 Å². The first-order valence-electron chi connectivity index (χ1n) is 4.71. The summed E-state index contributed by atoms with van der Waals surface area (Å²) in [5.74, 6) is -2.75. The van der Waals surface area contributed by atoms with Crippen molar-refractivity contribution in [3.63, 3.8) is 0 Å². The van der Waals surface area contributed by atoms with Crippen LogP contribution in [0, 0.1) is 0 Å². The van der Waals surface area contributed by atoms with Crippen molar-refractivity contribution in [1.82, 2.24) is 5.32 Å². The van der Waals surface area contributed by atoms with Crippen molar-refractivity contribution in [1.29, 1.82) is 0 Å². The number of hydrogen-bond donors (Lipinski definition) is 7. The van der Waals surface area contributed by atoms with Gasteiger partial charge in [-0.2, -0.15) is 0 Å². The Balaban J connectivity index is 4.70. The van der Waals surface area contributed by atoms with Crippen LogP contribution in [0.5, 0.6) is 0 Å². The van der Waals surface area contributed by atoms with E-state index in [0.717, 1.165) is 0 Å². The molecule has 0 spiro atoms. The van der Waals surface area contributed by atoms with Crippen LogP contribution in [0.2, 0.25) is 0 Å². The van der Waals surface area contributed by atoms with Crippen LogP contribution in [0.25, 0.3) is 0 Å². The molecule has 0 aliphatic heterocycles. The Morgan fingerprint density at radius 1 is 1.24 bits per heavy atom. The molecule has 0 radical (unpaired) electrons. The van der Waals surface area contributed by atoms with Crippen molar-refractivity contribution in [2.45, 2.75) is 24.3 Å². The van der Waals surface area contributed by atoms with Gasteiger partial charge in [-0.3, -0.25) is 14.9 Å². The molecule has 9 heteroatoms. The van der Waals surface area contributed by atoms with Gasteiger partial charge >= 0.3 is 11.9 Å². The number of aliphatic hydroxyl groups excluding tert-OH is 3. The highest BCUT2D eigenvalue weighted by molar-refractivity contribution is 5.74. The zero-order valence-corrected chi connectivity index (χ0v) is 8.85. The Labute approximate surface area is 96.5 Å². The summed E-state index contributed by atoms with van der Waals surface area (Å²) in [5, 5.41) is 46.5. The number of aliphatic carboxylic acids is 2. The monoisotopic (exact) mass is 252 g/mol. The minimum absolute atomic E-state index is 0.638. The molecule has 0 aliphatic carbocycles. The Morgan fingerprint density at radius 2 is 1.76 bits per heavy atom. The van der Waals surface area contributed by atoms with E-state index in [1.165, 1.54) is 0 Å². The number of hydrogen-bond acceptors (Lipinski definition) is 7. The molecule has 0 saturated carbocycles. The van der Waals surface area contributed by atoms with Crippen LogP contribution in [-0.4, -0.2) is 74.9 Å². The number of nitrogens with one attached hydrogen (secondary N) is 1. The first-order valence-corrected chi connectivity index (χ1v) is 4.71. The quantitative estimate of drug-likeness (QED) is 0.228. The van der Waals surface area contributed by atoms with Gasteiger partial charge in [0.05, 0.1) is 25.3 Å². The van der Waals surface area contributed by atoms with Crippen molar-refractivity contribution < 1.29 is 35.1 Å². The number of carboxylic acids is 2. The SMILES string of the molecule is N[C@H](C(=O)O)[C@@H](NCC(=O)O)[C@H](O)[C@H](O)CO. The Hall–Kier alpha value is -1.26. The number of rotatable bonds is 8. The second-order valence-corrected chi connectivity index (χ2v) is 3.40. The molecule has 0 bridgehead atoms. The van der Waals surface area contributed by atoms with Crippen molar-refractivity contribution >= 4 is 11.9 Å². The summed E-state index contributed by atoms with van der Waals surface area (Å²) in [7, 11) is 0. The molecule has 17 heavy (non-hydrogen) atoms. The van der Waals surface area contributed by atoms with Gasteiger partial charge in [-0.15, -0.1) is 0 Å². The van der Waals surface area contributed by atoms with Gasteiger partial charge in [-0.1, -0.05) is 0 Å². The highest BCUT2D eigenvalue weighted by Gasteiger charge is 2.34.